The van der Waals surface area contributed by atoms with Gasteiger partial charge in [-0.1, -0.05) is 369 Å². The number of unbranched alkanes of at least 4 members (excludes halogenated alkanes) is 48. The van der Waals surface area contributed by atoms with Crippen LogP contribution in [-0.2, 0) is 65.4 Å². The van der Waals surface area contributed by atoms with Gasteiger partial charge in [-0.25, -0.2) is 9.13 Å². The van der Waals surface area contributed by atoms with Crippen LogP contribution in [0.2, 0.25) is 0 Å². The predicted molar refractivity (Wildman–Crippen MR) is 405 cm³/mol. The molecule has 17 nitrogen and oxygen atoms in total. The number of hydrogen-bond acceptors (Lipinski definition) is 15. The van der Waals surface area contributed by atoms with Crippen molar-refractivity contribution in [2.24, 2.45) is 11.8 Å². The fourth-order valence-corrected chi connectivity index (χ4v) is 13.9. The molecule has 0 radical (unpaired) electrons. The van der Waals surface area contributed by atoms with Crippen LogP contribution in [0.1, 0.15) is 420 Å². The van der Waals surface area contributed by atoms with Crippen LogP contribution in [0, 0.1) is 11.8 Å². The number of rotatable bonds is 79. The maximum atomic E-state index is 13.1. The Bertz CT molecular complexity index is 1910. The molecule has 3 N–H and O–H groups in total. The highest BCUT2D eigenvalue weighted by molar-refractivity contribution is 7.47. The largest absolute Gasteiger partial charge is 0.472 e. The third kappa shape index (κ3) is 72.8. The summed E-state index contributed by atoms with van der Waals surface area (Å²) in [5, 5.41) is 10.6. The summed E-state index contributed by atoms with van der Waals surface area (Å²) in [6.07, 6.45) is 60.8. The SMILES string of the molecule is CCCCCCCCCCCCCCCCCC(=O)OC[C@H](COP(=O)(O)OC[C@@H](O)COP(=O)(O)OC[C@@H](COC(=O)CCCCCCCCCCCCCC)OC(=O)CCCCCCCCCCCCC(C)CC)OC(=O)CCCCCCCCCCCCCCCCCC(C)C. The van der Waals surface area contributed by atoms with Crippen LogP contribution in [-0.4, -0.2) is 96.7 Å². The number of phosphoric acid groups is 2. The number of hydrogen-bond donors (Lipinski definition) is 3. The number of aliphatic hydroxyl groups excluding tert-OH is 1. The van der Waals surface area contributed by atoms with E-state index in [9.17, 15) is 43.2 Å². The van der Waals surface area contributed by atoms with Crippen molar-refractivity contribution in [1.82, 2.24) is 0 Å². The quantitative estimate of drug-likeness (QED) is 0.0222. The smallest absolute Gasteiger partial charge is 0.462 e. The van der Waals surface area contributed by atoms with Crippen molar-refractivity contribution in [3.63, 3.8) is 0 Å². The summed E-state index contributed by atoms with van der Waals surface area (Å²) in [6, 6.07) is 0. The van der Waals surface area contributed by atoms with E-state index in [1.54, 1.807) is 0 Å². The molecule has 0 aliphatic rings. The summed E-state index contributed by atoms with van der Waals surface area (Å²) >= 11 is 0. The molecule has 3 unspecified atom stereocenters. The molecule has 0 fully saturated rings. The topological polar surface area (TPSA) is 237 Å². The van der Waals surface area contributed by atoms with Crippen molar-refractivity contribution in [2.75, 3.05) is 39.6 Å². The molecule has 99 heavy (non-hydrogen) atoms. The molecule has 0 spiro atoms. The van der Waals surface area contributed by atoms with Crippen LogP contribution in [0.5, 0.6) is 0 Å². The first kappa shape index (κ1) is 97.1. The van der Waals surface area contributed by atoms with Crippen LogP contribution < -0.4 is 0 Å². The highest BCUT2D eigenvalue weighted by Crippen LogP contribution is 2.45. The van der Waals surface area contributed by atoms with Crippen molar-refractivity contribution in [3.8, 4) is 0 Å². The lowest BCUT2D eigenvalue weighted by Gasteiger charge is -2.21. The molecule has 0 amide bonds. The van der Waals surface area contributed by atoms with Gasteiger partial charge in [-0.05, 0) is 37.5 Å². The van der Waals surface area contributed by atoms with Crippen LogP contribution in [0.25, 0.3) is 0 Å². The first-order valence-corrected chi connectivity index (χ1v) is 44.5. The second-order valence-corrected chi connectivity index (χ2v) is 32.4. The fraction of sp³-hybridized carbons (Fsp3) is 0.950. The first-order valence-electron chi connectivity index (χ1n) is 41.5. The molecular weight excluding hydrogens is 1290 g/mol. The van der Waals surface area contributed by atoms with Gasteiger partial charge in [0.1, 0.15) is 19.3 Å². The Hall–Kier alpha value is -1.94. The van der Waals surface area contributed by atoms with E-state index in [0.29, 0.717) is 25.7 Å². The molecule has 0 aromatic rings. The molecule has 0 bridgehead atoms. The molecular formula is C80H156O17P2. The monoisotopic (exact) mass is 1450 g/mol. The molecule has 0 aromatic heterocycles. The lowest BCUT2D eigenvalue weighted by Crippen LogP contribution is -2.30. The van der Waals surface area contributed by atoms with E-state index in [0.717, 1.165) is 102 Å². The number of esters is 4. The lowest BCUT2D eigenvalue weighted by atomic mass is 9.99. The lowest BCUT2D eigenvalue weighted by molar-refractivity contribution is -0.161. The number of ether oxygens (including phenoxy) is 4. The molecule has 19 heteroatoms. The summed E-state index contributed by atoms with van der Waals surface area (Å²) in [5.41, 5.74) is 0. The van der Waals surface area contributed by atoms with Crippen molar-refractivity contribution >= 4 is 39.5 Å². The van der Waals surface area contributed by atoms with Gasteiger partial charge in [0, 0.05) is 25.7 Å². The molecule has 0 aliphatic carbocycles. The highest BCUT2D eigenvalue weighted by Gasteiger charge is 2.30. The van der Waals surface area contributed by atoms with Crippen LogP contribution in [0.3, 0.4) is 0 Å². The Morgan fingerprint density at radius 2 is 0.515 bits per heavy atom. The zero-order valence-corrected chi connectivity index (χ0v) is 66.6. The maximum Gasteiger partial charge on any atom is 0.472 e. The van der Waals surface area contributed by atoms with E-state index in [4.69, 9.17) is 37.0 Å². The van der Waals surface area contributed by atoms with E-state index < -0.39 is 97.5 Å². The number of phosphoric ester groups is 2. The number of carbonyl (C=O) groups excluding carboxylic acids is 4. The molecule has 6 atom stereocenters. The molecule has 0 aromatic carbocycles. The fourth-order valence-electron chi connectivity index (χ4n) is 12.3. The summed E-state index contributed by atoms with van der Waals surface area (Å²) in [4.78, 5) is 73.0. The summed E-state index contributed by atoms with van der Waals surface area (Å²) in [6.45, 7) is 9.69. The highest BCUT2D eigenvalue weighted by atomic mass is 31.2. The minimum absolute atomic E-state index is 0.107. The summed E-state index contributed by atoms with van der Waals surface area (Å²) in [5.74, 6) is -0.502. The van der Waals surface area contributed by atoms with Crippen molar-refractivity contribution in [3.05, 3.63) is 0 Å². The van der Waals surface area contributed by atoms with Gasteiger partial charge >= 0.3 is 39.5 Å². The summed E-state index contributed by atoms with van der Waals surface area (Å²) < 4.78 is 68.7. The third-order valence-corrected chi connectivity index (χ3v) is 21.0. The van der Waals surface area contributed by atoms with Crippen molar-refractivity contribution in [2.45, 2.75) is 439 Å². The minimum Gasteiger partial charge on any atom is -0.462 e. The maximum absolute atomic E-state index is 13.1. The minimum atomic E-state index is -4.96. The Morgan fingerprint density at radius 1 is 0.293 bits per heavy atom. The second-order valence-electron chi connectivity index (χ2n) is 29.5. The van der Waals surface area contributed by atoms with Crippen molar-refractivity contribution in [1.29, 1.82) is 0 Å². The van der Waals surface area contributed by atoms with E-state index in [1.807, 2.05) is 0 Å². The molecule has 0 saturated carbocycles. The molecule has 0 rings (SSSR count). The number of carbonyl (C=O) groups is 4. The van der Waals surface area contributed by atoms with Gasteiger partial charge in [0.05, 0.1) is 26.4 Å². The van der Waals surface area contributed by atoms with Gasteiger partial charge in [0.25, 0.3) is 0 Å². The zero-order valence-electron chi connectivity index (χ0n) is 64.8. The Labute approximate surface area is 607 Å². The molecule has 0 heterocycles. The van der Waals surface area contributed by atoms with E-state index in [1.165, 1.54) is 238 Å². The van der Waals surface area contributed by atoms with Crippen LogP contribution >= 0.6 is 15.6 Å². The van der Waals surface area contributed by atoms with Crippen LogP contribution in [0.4, 0.5) is 0 Å². The van der Waals surface area contributed by atoms with Crippen molar-refractivity contribution < 1.29 is 80.2 Å². The average Bonchev–Trinajstić information content (AvgIpc) is 1.51. The second kappa shape index (κ2) is 71.7. The standard InChI is InChI=1S/C80H156O17P2/c1-7-10-12-14-16-18-20-22-24-28-32-39-45-51-57-63-78(83)91-68-75(96-79(84)64-58-52-46-40-33-29-26-23-25-27-30-36-42-48-54-60-72(4)5)70-94-98(86,87)92-66-74(81)67-93-99(88,89)95-71-76(69-90-77(82)62-56-50-44-38-31-21-19-17-15-13-11-8-2)97-80(85)65-59-53-47-41-35-34-37-43-49-55-61-73(6)9-3/h72-76,81H,7-71H2,1-6H3,(H,86,87)(H,88,89)/t73?,74-,75-,76-/m1/s1. The van der Waals surface area contributed by atoms with Gasteiger partial charge in [-0.3, -0.25) is 37.3 Å². The third-order valence-electron chi connectivity index (χ3n) is 19.1. The first-order chi connectivity index (χ1) is 47.9. The average molecular weight is 1450 g/mol. The molecule has 0 saturated heterocycles. The van der Waals surface area contributed by atoms with Gasteiger partial charge in [-0.2, -0.15) is 0 Å². The zero-order chi connectivity index (χ0) is 72.8. The normalized spacial score (nSPS) is 14.2. The van der Waals surface area contributed by atoms with E-state index in [-0.39, 0.29) is 25.7 Å². The number of aliphatic hydroxyl groups is 1. The van der Waals surface area contributed by atoms with Crippen LogP contribution in [0.15, 0.2) is 0 Å². The Morgan fingerprint density at radius 3 is 0.768 bits per heavy atom. The van der Waals surface area contributed by atoms with Gasteiger partial charge < -0.3 is 33.8 Å². The van der Waals surface area contributed by atoms with Gasteiger partial charge in [0.2, 0.25) is 0 Å². The summed E-state index contributed by atoms with van der Waals surface area (Å²) in [7, 11) is -9.92. The van der Waals surface area contributed by atoms with Gasteiger partial charge in [0.15, 0.2) is 12.2 Å². The molecule has 0 aliphatic heterocycles. The predicted octanol–water partition coefficient (Wildman–Crippen LogP) is 23.9. The molecule has 588 valence electrons. The Kier molecular flexibility index (Phi) is 70.3. The Balaban J connectivity index is 5.26. The van der Waals surface area contributed by atoms with E-state index >= 15 is 0 Å². The van der Waals surface area contributed by atoms with Gasteiger partial charge in [-0.15, -0.1) is 0 Å². The van der Waals surface area contributed by atoms with E-state index in [2.05, 4.69) is 41.5 Å².